The second-order valence-electron chi connectivity index (χ2n) is 8.96. The van der Waals surface area contributed by atoms with Crippen molar-refractivity contribution in [3.8, 4) is 5.69 Å². The van der Waals surface area contributed by atoms with Gasteiger partial charge in [0.25, 0.3) is 5.82 Å². The Morgan fingerprint density at radius 3 is 1.77 bits per heavy atom. The van der Waals surface area contributed by atoms with Gasteiger partial charge in [0.15, 0.2) is 0 Å². The maximum Gasteiger partial charge on any atom is 0.261 e. The zero-order valence-corrected chi connectivity index (χ0v) is 20.0. The van der Waals surface area contributed by atoms with Crippen LogP contribution in [0.5, 0.6) is 0 Å². The highest BCUT2D eigenvalue weighted by molar-refractivity contribution is 5.31. The number of benzene rings is 1. The lowest BCUT2D eigenvalue weighted by atomic mass is 10.1. The lowest BCUT2D eigenvalue weighted by Crippen LogP contribution is -2.37. The highest BCUT2D eigenvalue weighted by Crippen LogP contribution is 2.14. The number of hydrogen-bond donors (Lipinski definition) is 0. The van der Waals surface area contributed by atoms with Crippen molar-refractivity contribution in [2.24, 2.45) is 0 Å². The van der Waals surface area contributed by atoms with E-state index >= 15 is 0 Å². The molecule has 0 saturated carbocycles. The molecule has 0 radical (unpaired) electrons. The van der Waals surface area contributed by atoms with Crippen molar-refractivity contribution in [3.63, 3.8) is 0 Å². The van der Waals surface area contributed by atoms with E-state index in [1.54, 1.807) is 0 Å². The Bertz CT molecular complexity index is 644. The number of para-hydroxylation sites is 1. The third-order valence-electron chi connectivity index (χ3n) is 6.30. The fourth-order valence-corrected chi connectivity index (χ4v) is 4.41. The molecule has 0 aliphatic rings. The van der Waals surface area contributed by atoms with Crippen molar-refractivity contribution in [2.75, 3.05) is 0 Å². The number of rotatable bonds is 18. The molecule has 30 heavy (non-hydrogen) atoms. The summed E-state index contributed by atoms with van der Waals surface area (Å²) in [5.41, 5.74) is 1.30. The number of aryl methyl sites for hydroxylation is 1. The molecule has 0 saturated heterocycles. The van der Waals surface area contributed by atoms with Gasteiger partial charge in [-0.05, 0) is 31.4 Å². The SMILES string of the molecule is CCCCCCCCCC[n+]1ccn(-c2ccccc2)c1CCCCCCCCC. The van der Waals surface area contributed by atoms with Crippen molar-refractivity contribution >= 4 is 0 Å². The van der Waals surface area contributed by atoms with Gasteiger partial charge in [-0.25, -0.2) is 4.57 Å². The highest BCUT2D eigenvalue weighted by Gasteiger charge is 2.18. The van der Waals surface area contributed by atoms with Crippen LogP contribution in [0.1, 0.15) is 116 Å². The monoisotopic (exact) mass is 411 g/mol. The molecule has 1 aromatic carbocycles. The van der Waals surface area contributed by atoms with E-state index in [-0.39, 0.29) is 0 Å². The molecule has 1 aromatic heterocycles. The Morgan fingerprint density at radius 1 is 0.633 bits per heavy atom. The summed E-state index contributed by atoms with van der Waals surface area (Å²) >= 11 is 0. The first kappa shape index (κ1) is 24.7. The number of aromatic nitrogens is 2. The van der Waals surface area contributed by atoms with Crippen LogP contribution in [0, 0.1) is 0 Å². The molecule has 0 bridgehead atoms. The van der Waals surface area contributed by atoms with Crippen molar-refractivity contribution in [3.05, 3.63) is 48.5 Å². The number of imidazole rings is 1. The molecule has 0 spiro atoms. The van der Waals surface area contributed by atoms with Crippen LogP contribution < -0.4 is 4.57 Å². The molecule has 0 N–H and O–H groups in total. The van der Waals surface area contributed by atoms with Gasteiger partial charge in [-0.3, -0.25) is 0 Å². The van der Waals surface area contributed by atoms with Gasteiger partial charge in [-0.2, -0.15) is 4.57 Å². The number of hydrogen-bond acceptors (Lipinski definition) is 0. The standard InChI is InChI=1S/C28H47N2/c1-3-5-7-9-11-13-15-20-24-29-25-26-30(27-21-17-16-18-22-27)28(29)23-19-14-12-10-8-6-4-2/h16-18,21-22,25-26H,3-15,19-20,23-24H2,1-2H3/q+1. The quantitative estimate of drug-likeness (QED) is 0.173. The van der Waals surface area contributed by atoms with E-state index in [0.717, 1.165) is 0 Å². The van der Waals surface area contributed by atoms with Gasteiger partial charge < -0.3 is 0 Å². The normalized spacial score (nSPS) is 11.3. The van der Waals surface area contributed by atoms with Gasteiger partial charge in [0, 0.05) is 6.42 Å². The molecule has 1 heterocycles. The first-order valence-electron chi connectivity index (χ1n) is 13.0. The summed E-state index contributed by atoms with van der Waals surface area (Å²) in [7, 11) is 0. The molecular weight excluding hydrogens is 364 g/mol. The molecule has 0 aliphatic carbocycles. The Balaban J connectivity index is 1.83. The van der Waals surface area contributed by atoms with E-state index < -0.39 is 0 Å². The predicted octanol–water partition coefficient (Wildman–Crippen LogP) is 8.20. The van der Waals surface area contributed by atoms with Gasteiger partial charge >= 0.3 is 0 Å². The second kappa shape index (κ2) is 16.2. The van der Waals surface area contributed by atoms with E-state index in [1.165, 1.54) is 121 Å². The molecular formula is C28H47N2+. The highest BCUT2D eigenvalue weighted by atomic mass is 15.1. The minimum absolute atomic E-state index is 1.17. The van der Waals surface area contributed by atoms with Crippen LogP contribution in [0.2, 0.25) is 0 Å². The van der Waals surface area contributed by atoms with Crippen LogP contribution in [0.15, 0.2) is 42.7 Å². The van der Waals surface area contributed by atoms with E-state index in [2.05, 4.69) is 65.7 Å². The van der Waals surface area contributed by atoms with Crippen LogP contribution >= 0.6 is 0 Å². The molecule has 2 heteroatoms. The maximum atomic E-state index is 2.53. The van der Waals surface area contributed by atoms with Gasteiger partial charge in [0.1, 0.15) is 18.1 Å². The summed E-state index contributed by atoms with van der Waals surface area (Å²) < 4.78 is 4.95. The Labute approximate surface area is 186 Å². The third kappa shape index (κ3) is 9.49. The minimum Gasteiger partial charge on any atom is -0.234 e. The summed E-state index contributed by atoms with van der Waals surface area (Å²) in [5.74, 6) is 1.48. The van der Waals surface area contributed by atoms with Crippen molar-refractivity contribution in [1.29, 1.82) is 0 Å². The summed E-state index contributed by atoms with van der Waals surface area (Å²) in [6.07, 6.45) is 26.5. The van der Waals surface area contributed by atoms with Gasteiger partial charge in [0.05, 0.1) is 6.54 Å². The lowest BCUT2D eigenvalue weighted by Gasteiger charge is -2.06. The zero-order chi connectivity index (χ0) is 21.3. The third-order valence-corrected chi connectivity index (χ3v) is 6.30. The van der Waals surface area contributed by atoms with E-state index in [1.807, 2.05) is 0 Å². The maximum absolute atomic E-state index is 2.53. The Kier molecular flexibility index (Phi) is 13.3. The molecule has 168 valence electrons. The first-order valence-corrected chi connectivity index (χ1v) is 13.0. The smallest absolute Gasteiger partial charge is 0.234 e. The number of unbranched alkanes of at least 4 members (excludes halogenated alkanes) is 13. The summed E-state index contributed by atoms with van der Waals surface area (Å²) in [5, 5.41) is 0. The van der Waals surface area contributed by atoms with Gasteiger partial charge in [0.2, 0.25) is 0 Å². The van der Waals surface area contributed by atoms with Crippen LogP contribution in [-0.2, 0) is 13.0 Å². The lowest BCUT2D eigenvalue weighted by molar-refractivity contribution is -0.704. The molecule has 0 unspecified atom stereocenters. The van der Waals surface area contributed by atoms with Crippen molar-refractivity contribution < 1.29 is 4.57 Å². The fourth-order valence-electron chi connectivity index (χ4n) is 4.41. The summed E-state index contributed by atoms with van der Waals surface area (Å²) in [4.78, 5) is 0. The minimum atomic E-state index is 1.17. The van der Waals surface area contributed by atoms with Crippen LogP contribution in [0.3, 0.4) is 0 Å². The van der Waals surface area contributed by atoms with Crippen LogP contribution in [-0.4, -0.2) is 4.57 Å². The van der Waals surface area contributed by atoms with Crippen molar-refractivity contribution in [1.82, 2.24) is 4.57 Å². The van der Waals surface area contributed by atoms with Crippen LogP contribution in [0.25, 0.3) is 5.69 Å². The summed E-state index contributed by atoms with van der Waals surface area (Å²) in [6, 6.07) is 10.9. The van der Waals surface area contributed by atoms with Gasteiger partial charge in [-0.1, -0.05) is 109 Å². The molecule has 0 amide bonds. The number of nitrogens with zero attached hydrogens (tertiary/aromatic N) is 2. The average Bonchev–Trinajstić information content (AvgIpc) is 3.18. The second-order valence-corrected chi connectivity index (χ2v) is 8.96. The largest absolute Gasteiger partial charge is 0.261 e. The van der Waals surface area contributed by atoms with Crippen molar-refractivity contribution in [2.45, 2.75) is 123 Å². The van der Waals surface area contributed by atoms with Gasteiger partial charge in [-0.15, -0.1) is 0 Å². The molecule has 0 fully saturated rings. The Hall–Kier alpha value is -1.57. The molecule has 0 aliphatic heterocycles. The van der Waals surface area contributed by atoms with E-state index in [9.17, 15) is 0 Å². The van der Waals surface area contributed by atoms with E-state index in [0.29, 0.717) is 0 Å². The topological polar surface area (TPSA) is 8.81 Å². The molecule has 0 atom stereocenters. The average molecular weight is 412 g/mol. The van der Waals surface area contributed by atoms with E-state index in [4.69, 9.17) is 0 Å². The molecule has 2 rings (SSSR count). The first-order chi connectivity index (χ1) is 14.9. The predicted molar refractivity (Wildman–Crippen MR) is 130 cm³/mol. The summed E-state index contributed by atoms with van der Waals surface area (Å²) in [6.45, 7) is 5.76. The zero-order valence-electron chi connectivity index (χ0n) is 20.0. The Morgan fingerprint density at radius 2 is 1.17 bits per heavy atom. The fraction of sp³-hybridized carbons (Fsp3) is 0.679. The molecule has 2 aromatic rings. The van der Waals surface area contributed by atoms with Crippen LogP contribution in [0.4, 0.5) is 0 Å². The molecule has 2 nitrogen and oxygen atoms in total.